The van der Waals surface area contributed by atoms with E-state index in [0.717, 1.165) is 38.5 Å². The molecule has 1 saturated heterocycles. The summed E-state index contributed by atoms with van der Waals surface area (Å²) in [5, 5.41) is 75.3. The average molecular weight is 758 g/mol. The molecule has 0 aromatic rings. The first-order chi connectivity index (χ1) is 25.7. The Morgan fingerprint density at radius 3 is 1.68 bits per heavy atom. The van der Waals surface area contributed by atoms with Crippen molar-refractivity contribution in [3.63, 3.8) is 0 Å². The van der Waals surface area contributed by atoms with E-state index in [0.29, 0.717) is 19.3 Å². The van der Waals surface area contributed by atoms with Gasteiger partial charge in [0.2, 0.25) is 5.91 Å². The van der Waals surface area contributed by atoms with Gasteiger partial charge in [0.1, 0.15) is 36.6 Å². The second-order valence-corrected chi connectivity index (χ2v) is 15.1. The van der Waals surface area contributed by atoms with Gasteiger partial charge in [-0.3, -0.25) is 4.79 Å². The van der Waals surface area contributed by atoms with Crippen LogP contribution in [0.3, 0.4) is 0 Å². The standard InChI is InChI=1S/C42H79NO10/c1-3-5-7-9-11-13-15-17-18-20-21-23-25-27-29-34(45)37(47)33(32-52-42-40(50)39(49)38(48)36(31-44)53-42)43-41(51)35(46)30-28-26-24-22-19-16-14-12-10-8-6-4-2/h15,17,21,23,33-40,42,44-50H,3-14,16,18-20,22,24-32H2,1-2H3,(H,43,51)/b17-15+,23-21+. The van der Waals surface area contributed by atoms with Gasteiger partial charge in [-0.25, -0.2) is 0 Å². The molecule has 53 heavy (non-hydrogen) atoms. The van der Waals surface area contributed by atoms with E-state index in [1.54, 1.807) is 0 Å². The fourth-order valence-electron chi connectivity index (χ4n) is 6.63. The Morgan fingerprint density at radius 1 is 0.642 bits per heavy atom. The zero-order valence-corrected chi connectivity index (χ0v) is 33.2. The molecule has 312 valence electrons. The van der Waals surface area contributed by atoms with Crippen molar-refractivity contribution in [2.45, 2.75) is 223 Å². The summed E-state index contributed by atoms with van der Waals surface area (Å²) in [5.74, 6) is -0.713. The minimum Gasteiger partial charge on any atom is -0.394 e. The van der Waals surface area contributed by atoms with Crippen molar-refractivity contribution < 1.29 is 50.0 Å². The minimum atomic E-state index is -1.67. The van der Waals surface area contributed by atoms with Crippen molar-refractivity contribution in [3.05, 3.63) is 24.3 Å². The Kier molecular flexibility index (Phi) is 30.7. The normalized spacial score (nSPS) is 23.1. The molecular weight excluding hydrogens is 678 g/mol. The molecule has 1 aliphatic rings. The molecule has 0 aliphatic carbocycles. The van der Waals surface area contributed by atoms with Crippen LogP contribution in [0.1, 0.15) is 168 Å². The number of unbranched alkanes of at least 4 members (excludes halogenated alkanes) is 18. The van der Waals surface area contributed by atoms with E-state index in [9.17, 15) is 40.5 Å². The van der Waals surface area contributed by atoms with Gasteiger partial charge >= 0.3 is 0 Å². The number of carbonyl (C=O) groups is 1. The summed E-state index contributed by atoms with van der Waals surface area (Å²) in [6.07, 6.45) is 22.3. The number of rotatable bonds is 34. The maximum Gasteiger partial charge on any atom is 0.249 e. The van der Waals surface area contributed by atoms with Crippen molar-refractivity contribution in [2.24, 2.45) is 0 Å². The summed E-state index contributed by atoms with van der Waals surface area (Å²) in [5.41, 5.74) is 0. The van der Waals surface area contributed by atoms with Crippen molar-refractivity contribution in [3.8, 4) is 0 Å². The molecule has 1 heterocycles. The van der Waals surface area contributed by atoms with Crippen LogP contribution in [0.5, 0.6) is 0 Å². The van der Waals surface area contributed by atoms with Crippen molar-refractivity contribution in [1.82, 2.24) is 5.32 Å². The lowest BCUT2D eigenvalue weighted by molar-refractivity contribution is -0.303. The van der Waals surface area contributed by atoms with Gasteiger partial charge in [-0.2, -0.15) is 0 Å². The lowest BCUT2D eigenvalue weighted by Crippen LogP contribution is -2.60. The van der Waals surface area contributed by atoms with Crippen molar-refractivity contribution in [1.29, 1.82) is 0 Å². The van der Waals surface area contributed by atoms with Crippen LogP contribution in [0.4, 0.5) is 0 Å². The van der Waals surface area contributed by atoms with Crippen LogP contribution in [-0.4, -0.2) is 110 Å². The molecule has 9 unspecified atom stereocenters. The van der Waals surface area contributed by atoms with E-state index in [4.69, 9.17) is 9.47 Å². The lowest BCUT2D eigenvalue weighted by atomic mass is 9.98. The quantitative estimate of drug-likeness (QED) is 0.0291. The Morgan fingerprint density at radius 2 is 1.13 bits per heavy atom. The predicted octanol–water partition coefficient (Wildman–Crippen LogP) is 5.89. The summed E-state index contributed by atoms with van der Waals surface area (Å²) in [6.45, 7) is 3.37. The third-order valence-corrected chi connectivity index (χ3v) is 10.2. The monoisotopic (exact) mass is 758 g/mol. The van der Waals surface area contributed by atoms with Gasteiger partial charge in [-0.15, -0.1) is 0 Å². The van der Waals surface area contributed by atoms with E-state index < -0.39 is 74.2 Å². The Bertz CT molecular complexity index is 918. The number of hydrogen-bond acceptors (Lipinski definition) is 10. The smallest absolute Gasteiger partial charge is 0.249 e. The third kappa shape index (κ3) is 23.3. The number of allylic oxidation sites excluding steroid dienone is 4. The van der Waals surface area contributed by atoms with Crippen LogP contribution < -0.4 is 5.32 Å². The number of nitrogens with one attached hydrogen (secondary N) is 1. The highest BCUT2D eigenvalue weighted by atomic mass is 16.7. The summed E-state index contributed by atoms with van der Waals surface area (Å²) < 4.78 is 11.0. The maximum atomic E-state index is 13.0. The largest absolute Gasteiger partial charge is 0.394 e. The van der Waals surface area contributed by atoms with Crippen LogP contribution in [0.15, 0.2) is 24.3 Å². The molecular formula is C42H79NO10. The molecule has 0 saturated carbocycles. The summed E-state index contributed by atoms with van der Waals surface area (Å²) >= 11 is 0. The minimum absolute atomic E-state index is 0.247. The summed E-state index contributed by atoms with van der Waals surface area (Å²) in [4.78, 5) is 13.0. The predicted molar refractivity (Wildman–Crippen MR) is 210 cm³/mol. The Balaban J connectivity index is 2.56. The van der Waals surface area contributed by atoms with Gasteiger partial charge < -0.3 is 50.5 Å². The lowest BCUT2D eigenvalue weighted by Gasteiger charge is -2.40. The van der Waals surface area contributed by atoms with Gasteiger partial charge in [-0.05, 0) is 51.4 Å². The highest BCUT2D eigenvalue weighted by Crippen LogP contribution is 2.23. The molecule has 1 rings (SSSR count). The van der Waals surface area contributed by atoms with E-state index in [1.807, 2.05) is 0 Å². The van der Waals surface area contributed by atoms with Gasteiger partial charge in [0.25, 0.3) is 0 Å². The number of aliphatic hydroxyl groups is 7. The number of ether oxygens (including phenoxy) is 2. The van der Waals surface area contributed by atoms with Crippen molar-refractivity contribution in [2.75, 3.05) is 13.2 Å². The Hall–Kier alpha value is -1.41. The Labute approximate surface area is 321 Å². The first-order valence-corrected chi connectivity index (χ1v) is 21.2. The zero-order valence-electron chi connectivity index (χ0n) is 33.2. The van der Waals surface area contributed by atoms with E-state index in [-0.39, 0.29) is 12.8 Å². The molecule has 0 radical (unpaired) electrons. The van der Waals surface area contributed by atoms with E-state index in [2.05, 4.69) is 43.5 Å². The molecule has 8 N–H and O–H groups in total. The number of carbonyl (C=O) groups excluding carboxylic acids is 1. The highest BCUT2D eigenvalue weighted by molar-refractivity contribution is 5.80. The second kappa shape index (κ2) is 32.8. The molecule has 11 nitrogen and oxygen atoms in total. The van der Waals surface area contributed by atoms with E-state index >= 15 is 0 Å². The molecule has 1 fully saturated rings. The van der Waals surface area contributed by atoms with Gasteiger partial charge in [0.05, 0.1) is 25.4 Å². The SMILES string of the molecule is CCCCCCC/C=C/CC/C=C/CCCC(O)C(O)C(COC1OC(CO)C(O)C(O)C1O)NC(=O)C(O)CCCCCCCCCCCCCC. The topological polar surface area (TPSA) is 189 Å². The van der Waals surface area contributed by atoms with Gasteiger partial charge in [0, 0.05) is 0 Å². The van der Waals surface area contributed by atoms with E-state index in [1.165, 1.54) is 83.5 Å². The summed E-state index contributed by atoms with van der Waals surface area (Å²) in [6, 6.07) is -1.18. The highest BCUT2D eigenvalue weighted by Gasteiger charge is 2.44. The molecule has 1 amide bonds. The second-order valence-electron chi connectivity index (χ2n) is 15.1. The molecule has 0 aromatic carbocycles. The first-order valence-electron chi connectivity index (χ1n) is 21.2. The third-order valence-electron chi connectivity index (χ3n) is 10.2. The zero-order chi connectivity index (χ0) is 39.1. The molecule has 1 aliphatic heterocycles. The maximum absolute atomic E-state index is 13.0. The van der Waals surface area contributed by atoms with Crippen molar-refractivity contribution >= 4 is 5.91 Å². The fourth-order valence-corrected chi connectivity index (χ4v) is 6.63. The van der Waals surface area contributed by atoms with Crippen LogP contribution >= 0.6 is 0 Å². The van der Waals surface area contributed by atoms with Crippen LogP contribution in [0, 0.1) is 0 Å². The molecule has 0 aromatic heterocycles. The molecule has 11 heteroatoms. The van der Waals surface area contributed by atoms with Crippen LogP contribution in [0.25, 0.3) is 0 Å². The first kappa shape index (κ1) is 49.6. The van der Waals surface area contributed by atoms with Gasteiger partial charge in [0.15, 0.2) is 6.29 Å². The average Bonchev–Trinajstić information content (AvgIpc) is 3.16. The number of amides is 1. The number of aliphatic hydroxyl groups excluding tert-OH is 7. The summed E-state index contributed by atoms with van der Waals surface area (Å²) in [7, 11) is 0. The van der Waals surface area contributed by atoms with Gasteiger partial charge in [-0.1, -0.05) is 141 Å². The van der Waals surface area contributed by atoms with Crippen LogP contribution in [0.2, 0.25) is 0 Å². The fraction of sp³-hybridized carbons (Fsp3) is 0.881. The number of hydrogen-bond donors (Lipinski definition) is 8. The molecule has 9 atom stereocenters. The molecule has 0 spiro atoms. The van der Waals surface area contributed by atoms with Crippen LogP contribution in [-0.2, 0) is 14.3 Å². The molecule has 0 bridgehead atoms.